The first-order valence-corrected chi connectivity index (χ1v) is 6.73. The molecule has 2 nitrogen and oxygen atoms in total. The van der Waals surface area contributed by atoms with E-state index in [4.69, 9.17) is 27.4 Å². The van der Waals surface area contributed by atoms with Gasteiger partial charge in [0, 0.05) is 36.6 Å². The number of hydrogen-bond donors (Lipinski definition) is 1. The molecule has 0 fully saturated rings. The summed E-state index contributed by atoms with van der Waals surface area (Å²) in [6, 6.07) is 0. The Hall–Kier alpha value is 1.15. The van der Waals surface area contributed by atoms with Gasteiger partial charge in [0.15, 0.2) is 0 Å². The maximum atomic E-state index is 8.75. The molecule has 0 aliphatic heterocycles. The standard InChI is InChI=1S/C2H7Cl2NOPS/c1-5(2)8-7(3,4)6/h6H,1-2H3/q+1. The molecule has 0 saturated heterocycles. The second kappa shape index (κ2) is 3.35. The Balaban J connectivity index is 3.95. The highest BCUT2D eigenvalue weighted by atomic mass is 35.9. The summed E-state index contributed by atoms with van der Waals surface area (Å²) in [7, 11) is 3.53. The Morgan fingerprint density at radius 3 is 1.88 bits per heavy atom. The van der Waals surface area contributed by atoms with Gasteiger partial charge in [-0.3, -0.25) is 0 Å². The van der Waals surface area contributed by atoms with Crippen molar-refractivity contribution in [1.29, 1.82) is 0 Å². The van der Waals surface area contributed by atoms with Crippen molar-refractivity contribution >= 4 is 38.6 Å². The van der Waals surface area contributed by atoms with Gasteiger partial charge in [0.1, 0.15) is 0 Å². The molecule has 0 aromatic carbocycles. The third-order valence-electron chi connectivity index (χ3n) is 0.262. The van der Waals surface area contributed by atoms with E-state index in [1.54, 1.807) is 18.4 Å². The molecule has 0 saturated carbocycles. The van der Waals surface area contributed by atoms with E-state index >= 15 is 0 Å². The van der Waals surface area contributed by atoms with Crippen LogP contribution in [0.2, 0.25) is 0 Å². The first-order valence-electron chi connectivity index (χ1n) is 1.80. The minimum absolute atomic E-state index is 1.04. The maximum Gasteiger partial charge on any atom is 0.449 e. The minimum atomic E-state index is -2.68. The fourth-order valence-electron chi connectivity index (χ4n) is 0.196. The van der Waals surface area contributed by atoms with Crippen molar-refractivity contribution in [3.8, 4) is 0 Å². The molecule has 0 aromatic rings. The van der Waals surface area contributed by atoms with Gasteiger partial charge in [-0.1, -0.05) is 4.31 Å². The van der Waals surface area contributed by atoms with Crippen LogP contribution in [0.4, 0.5) is 0 Å². The maximum absolute atomic E-state index is 8.75. The van der Waals surface area contributed by atoms with Gasteiger partial charge in [-0.2, -0.15) is 0 Å². The molecule has 0 aliphatic carbocycles. The predicted molar refractivity (Wildman–Crippen MR) is 41.9 cm³/mol. The lowest BCUT2D eigenvalue weighted by molar-refractivity contribution is 0.648. The minimum Gasteiger partial charge on any atom is -0.308 e. The van der Waals surface area contributed by atoms with Gasteiger partial charge < -0.3 is 4.89 Å². The zero-order chi connectivity index (χ0) is 6.78. The van der Waals surface area contributed by atoms with Crippen LogP contribution in [0.15, 0.2) is 0 Å². The van der Waals surface area contributed by atoms with Crippen LogP contribution in [0.5, 0.6) is 0 Å². The predicted octanol–water partition coefficient (Wildman–Crippen LogP) is 1.69. The average molecular weight is 195 g/mol. The third-order valence-corrected chi connectivity index (χ3v) is 3.46. The van der Waals surface area contributed by atoms with Crippen LogP contribution in [0, 0.1) is 0 Å². The van der Waals surface area contributed by atoms with E-state index < -0.39 is 4.97 Å². The molecule has 1 N–H and O–H groups in total. The zero-order valence-electron chi connectivity index (χ0n) is 4.51. The van der Waals surface area contributed by atoms with Gasteiger partial charge in [0.05, 0.1) is 0 Å². The molecule has 0 amide bonds. The molecule has 0 radical (unpaired) electrons. The van der Waals surface area contributed by atoms with Crippen molar-refractivity contribution in [2.24, 2.45) is 0 Å². The van der Waals surface area contributed by atoms with E-state index in [1.807, 2.05) is 0 Å². The smallest absolute Gasteiger partial charge is 0.308 e. The first-order chi connectivity index (χ1) is 3.42. The first kappa shape index (κ1) is 9.15. The fraction of sp³-hybridized carbons (Fsp3) is 1.00. The lowest BCUT2D eigenvalue weighted by Gasteiger charge is -1.86. The van der Waals surface area contributed by atoms with E-state index in [0.717, 1.165) is 11.1 Å². The van der Waals surface area contributed by atoms with E-state index in [9.17, 15) is 0 Å². The van der Waals surface area contributed by atoms with Crippen molar-refractivity contribution in [2.75, 3.05) is 14.1 Å². The summed E-state index contributed by atoms with van der Waals surface area (Å²) in [5.41, 5.74) is 0. The highest BCUT2D eigenvalue weighted by Gasteiger charge is 2.21. The van der Waals surface area contributed by atoms with E-state index in [1.165, 1.54) is 0 Å². The van der Waals surface area contributed by atoms with Gasteiger partial charge in [0.25, 0.3) is 0 Å². The number of nitrogens with zero attached hydrogens (tertiary/aromatic N) is 1. The van der Waals surface area contributed by atoms with E-state index in [-0.39, 0.29) is 0 Å². The molecule has 0 spiro atoms. The van der Waals surface area contributed by atoms with E-state index in [0.29, 0.717) is 0 Å². The number of halogens is 2. The van der Waals surface area contributed by atoms with Gasteiger partial charge >= 0.3 is 16.1 Å². The molecule has 0 heterocycles. The van der Waals surface area contributed by atoms with Gasteiger partial charge in [0.2, 0.25) is 0 Å². The van der Waals surface area contributed by atoms with Crippen LogP contribution in [0.3, 0.4) is 0 Å². The molecule has 0 bridgehead atoms. The van der Waals surface area contributed by atoms with Crippen LogP contribution >= 0.6 is 27.5 Å². The molecule has 8 heavy (non-hydrogen) atoms. The molecule has 50 valence electrons. The Morgan fingerprint density at radius 2 is 1.88 bits per heavy atom. The summed E-state index contributed by atoms with van der Waals surface area (Å²) in [6.45, 7) is 0. The SMILES string of the molecule is CN(C)[S+]=P(O)(Cl)Cl. The second-order valence-corrected chi connectivity index (χ2v) is 9.82. The Kier molecular flexibility index (Phi) is 3.83. The second-order valence-electron chi connectivity index (χ2n) is 1.33. The number of hydrogen-bond acceptors (Lipinski definition) is 0. The molecule has 0 atom stereocenters. The van der Waals surface area contributed by atoms with Crippen molar-refractivity contribution in [3.05, 3.63) is 0 Å². The summed E-state index contributed by atoms with van der Waals surface area (Å²) in [6.07, 6.45) is 0. The molecule has 0 unspecified atom stereocenters. The number of rotatable bonds is 1. The van der Waals surface area contributed by atoms with Gasteiger partial charge in [-0.25, -0.2) is 0 Å². The highest BCUT2D eigenvalue weighted by molar-refractivity contribution is 8.41. The third kappa shape index (κ3) is 7.15. The van der Waals surface area contributed by atoms with Crippen LogP contribution in [-0.2, 0) is 11.1 Å². The summed E-state index contributed by atoms with van der Waals surface area (Å²) in [5.74, 6) is 0. The normalized spacial score (nSPS) is 12.2. The fourth-order valence-corrected chi connectivity index (χ4v) is 3.99. The lowest BCUT2D eigenvalue weighted by atomic mass is 11.3. The average Bonchev–Trinajstić information content (AvgIpc) is 1.21. The largest absolute Gasteiger partial charge is 0.449 e. The Morgan fingerprint density at radius 1 is 1.50 bits per heavy atom. The van der Waals surface area contributed by atoms with E-state index in [2.05, 4.69) is 0 Å². The Bertz CT molecular complexity index is 113. The molecule has 0 rings (SSSR count). The van der Waals surface area contributed by atoms with Crippen LogP contribution in [-0.4, -0.2) is 23.3 Å². The van der Waals surface area contributed by atoms with Gasteiger partial charge in [-0.15, -0.1) is 0 Å². The van der Waals surface area contributed by atoms with Crippen LogP contribution in [0.25, 0.3) is 0 Å². The lowest BCUT2D eigenvalue weighted by Crippen LogP contribution is -2.01. The summed E-state index contributed by atoms with van der Waals surface area (Å²) in [4.78, 5) is 6.07. The summed E-state index contributed by atoms with van der Waals surface area (Å²) >= 11 is 11.6. The Labute approximate surface area is 62.2 Å². The molecule has 0 aliphatic rings. The van der Waals surface area contributed by atoms with Crippen LogP contribution in [0.1, 0.15) is 0 Å². The summed E-state index contributed by atoms with van der Waals surface area (Å²) < 4.78 is 1.66. The highest BCUT2D eigenvalue weighted by Crippen LogP contribution is 2.54. The molecular weight excluding hydrogens is 188 g/mol. The topological polar surface area (TPSA) is 23.5 Å². The quantitative estimate of drug-likeness (QED) is 0.391. The monoisotopic (exact) mass is 194 g/mol. The molecule has 6 heteroatoms. The van der Waals surface area contributed by atoms with Crippen LogP contribution < -0.4 is 0 Å². The molecule has 0 aromatic heterocycles. The van der Waals surface area contributed by atoms with Crippen molar-refractivity contribution in [1.82, 2.24) is 4.31 Å². The van der Waals surface area contributed by atoms with Crippen molar-refractivity contribution in [2.45, 2.75) is 0 Å². The van der Waals surface area contributed by atoms with Crippen molar-refractivity contribution in [3.63, 3.8) is 0 Å². The molecular formula is C2H7Cl2NOPS+. The van der Waals surface area contributed by atoms with Crippen molar-refractivity contribution < 1.29 is 4.89 Å². The summed E-state index contributed by atoms with van der Waals surface area (Å²) in [5, 5.41) is 0. The zero-order valence-corrected chi connectivity index (χ0v) is 7.73. The van der Waals surface area contributed by atoms with Gasteiger partial charge in [-0.05, 0) is 0 Å².